The number of aryl methyl sites for hydroxylation is 1. The van der Waals surface area contributed by atoms with Crippen LogP contribution >= 0.6 is 0 Å². The first kappa shape index (κ1) is 13.5. The lowest BCUT2D eigenvalue weighted by Gasteiger charge is -2.11. The van der Waals surface area contributed by atoms with Crippen LogP contribution in [-0.2, 0) is 11.2 Å². The quantitative estimate of drug-likeness (QED) is 0.554. The van der Waals surface area contributed by atoms with E-state index in [2.05, 4.69) is 11.9 Å². The van der Waals surface area contributed by atoms with E-state index in [0.29, 0.717) is 13.0 Å². The highest BCUT2D eigenvalue weighted by atomic mass is 16.2. The van der Waals surface area contributed by atoms with Crippen molar-refractivity contribution < 1.29 is 4.79 Å². The largest absolute Gasteiger partial charge is 0.354 e. The SMILES string of the molecule is C=CCCNC(=O)[C@@H](N)CCc1ccccc1. The minimum absolute atomic E-state index is 0.0808. The summed E-state index contributed by atoms with van der Waals surface area (Å²) in [5.74, 6) is -0.0808. The number of carbonyl (C=O) groups is 1. The van der Waals surface area contributed by atoms with Gasteiger partial charge in [0.25, 0.3) is 0 Å². The topological polar surface area (TPSA) is 55.1 Å². The molecule has 1 aromatic rings. The van der Waals surface area contributed by atoms with Crippen molar-refractivity contribution in [3.05, 3.63) is 48.6 Å². The monoisotopic (exact) mass is 232 g/mol. The molecule has 1 amide bonds. The maximum atomic E-state index is 11.6. The fraction of sp³-hybridized carbons (Fsp3) is 0.357. The molecule has 0 aliphatic rings. The molecule has 0 unspecified atom stereocenters. The highest BCUT2D eigenvalue weighted by Gasteiger charge is 2.11. The van der Waals surface area contributed by atoms with Crippen molar-refractivity contribution >= 4 is 5.91 Å². The zero-order valence-electron chi connectivity index (χ0n) is 10.1. The Balaban J connectivity index is 2.26. The number of hydrogen-bond donors (Lipinski definition) is 2. The lowest BCUT2D eigenvalue weighted by atomic mass is 10.1. The minimum Gasteiger partial charge on any atom is -0.354 e. The van der Waals surface area contributed by atoms with E-state index in [1.165, 1.54) is 5.56 Å². The lowest BCUT2D eigenvalue weighted by molar-refractivity contribution is -0.122. The van der Waals surface area contributed by atoms with Crippen molar-refractivity contribution in [2.24, 2.45) is 5.73 Å². The van der Waals surface area contributed by atoms with E-state index in [-0.39, 0.29) is 5.91 Å². The smallest absolute Gasteiger partial charge is 0.236 e. The summed E-state index contributed by atoms with van der Waals surface area (Å²) >= 11 is 0. The van der Waals surface area contributed by atoms with E-state index < -0.39 is 6.04 Å². The maximum Gasteiger partial charge on any atom is 0.236 e. The standard InChI is InChI=1S/C14H20N2O/c1-2-3-11-16-14(17)13(15)10-9-12-7-5-4-6-8-12/h2,4-8,13H,1,3,9-11,15H2,(H,16,17)/t13-/m0/s1. The van der Waals surface area contributed by atoms with Crippen molar-refractivity contribution in [3.8, 4) is 0 Å². The van der Waals surface area contributed by atoms with Gasteiger partial charge in [-0.25, -0.2) is 0 Å². The van der Waals surface area contributed by atoms with Crippen LogP contribution in [0.4, 0.5) is 0 Å². The first-order valence-electron chi connectivity index (χ1n) is 5.92. The second kappa shape index (κ2) is 7.63. The van der Waals surface area contributed by atoms with E-state index >= 15 is 0 Å². The fourth-order valence-corrected chi connectivity index (χ4v) is 1.53. The van der Waals surface area contributed by atoms with Crippen LogP contribution in [0.25, 0.3) is 0 Å². The molecule has 3 nitrogen and oxygen atoms in total. The summed E-state index contributed by atoms with van der Waals surface area (Å²) in [5.41, 5.74) is 7.02. The number of hydrogen-bond acceptors (Lipinski definition) is 2. The van der Waals surface area contributed by atoms with Gasteiger partial charge in [0.15, 0.2) is 0 Å². The molecular formula is C14H20N2O. The van der Waals surface area contributed by atoms with Gasteiger partial charge in [-0.1, -0.05) is 36.4 Å². The van der Waals surface area contributed by atoms with Crippen LogP contribution in [0.2, 0.25) is 0 Å². The van der Waals surface area contributed by atoms with Gasteiger partial charge in [0, 0.05) is 6.54 Å². The number of benzene rings is 1. The van der Waals surface area contributed by atoms with Gasteiger partial charge in [-0.15, -0.1) is 6.58 Å². The predicted octanol–water partition coefficient (Wildman–Crippen LogP) is 1.64. The molecule has 92 valence electrons. The molecule has 0 heterocycles. The molecule has 0 fully saturated rings. The first-order valence-corrected chi connectivity index (χ1v) is 5.92. The summed E-state index contributed by atoms with van der Waals surface area (Å²) in [5, 5.41) is 2.78. The van der Waals surface area contributed by atoms with Crippen LogP contribution in [-0.4, -0.2) is 18.5 Å². The predicted molar refractivity (Wildman–Crippen MR) is 70.6 cm³/mol. The highest BCUT2D eigenvalue weighted by molar-refractivity contribution is 5.81. The number of carbonyl (C=O) groups excluding carboxylic acids is 1. The zero-order chi connectivity index (χ0) is 12.5. The lowest BCUT2D eigenvalue weighted by Crippen LogP contribution is -2.41. The summed E-state index contributed by atoms with van der Waals surface area (Å²) in [6, 6.07) is 9.62. The Kier molecular flexibility index (Phi) is 6.04. The van der Waals surface area contributed by atoms with E-state index in [1.807, 2.05) is 30.3 Å². The third-order valence-electron chi connectivity index (χ3n) is 2.57. The van der Waals surface area contributed by atoms with Gasteiger partial charge in [0.05, 0.1) is 6.04 Å². The third-order valence-corrected chi connectivity index (χ3v) is 2.57. The number of rotatable bonds is 7. The molecule has 3 heteroatoms. The molecule has 0 bridgehead atoms. The second-order valence-corrected chi connectivity index (χ2v) is 4.00. The molecule has 0 aliphatic heterocycles. The Morgan fingerprint density at radius 2 is 2.12 bits per heavy atom. The van der Waals surface area contributed by atoms with Crippen LogP contribution in [0.15, 0.2) is 43.0 Å². The van der Waals surface area contributed by atoms with Crippen molar-refractivity contribution in [3.63, 3.8) is 0 Å². The Bertz CT molecular complexity index is 348. The molecule has 0 radical (unpaired) electrons. The molecule has 0 saturated heterocycles. The summed E-state index contributed by atoms with van der Waals surface area (Å²) in [7, 11) is 0. The molecule has 0 aromatic heterocycles. The van der Waals surface area contributed by atoms with Crippen LogP contribution in [0, 0.1) is 0 Å². The molecule has 1 aromatic carbocycles. The Morgan fingerprint density at radius 3 is 2.76 bits per heavy atom. The van der Waals surface area contributed by atoms with Gasteiger partial charge in [-0.2, -0.15) is 0 Å². The van der Waals surface area contributed by atoms with Crippen LogP contribution in [0.5, 0.6) is 0 Å². The molecule has 0 aliphatic carbocycles. The van der Waals surface area contributed by atoms with Gasteiger partial charge < -0.3 is 11.1 Å². The minimum atomic E-state index is -0.431. The van der Waals surface area contributed by atoms with Crippen molar-refractivity contribution in [2.75, 3.05) is 6.54 Å². The number of nitrogens with two attached hydrogens (primary N) is 1. The molecular weight excluding hydrogens is 212 g/mol. The summed E-state index contributed by atoms with van der Waals surface area (Å²) in [6.07, 6.45) is 4.05. The van der Waals surface area contributed by atoms with Crippen molar-refractivity contribution in [1.29, 1.82) is 0 Å². The van der Waals surface area contributed by atoms with Gasteiger partial charge in [0.1, 0.15) is 0 Å². The summed E-state index contributed by atoms with van der Waals surface area (Å²) in [4.78, 5) is 11.6. The van der Waals surface area contributed by atoms with Crippen LogP contribution in [0.1, 0.15) is 18.4 Å². The summed E-state index contributed by atoms with van der Waals surface area (Å²) < 4.78 is 0. The molecule has 3 N–H and O–H groups in total. The molecule has 17 heavy (non-hydrogen) atoms. The normalized spacial score (nSPS) is 11.8. The molecule has 1 rings (SSSR count). The zero-order valence-corrected chi connectivity index (χ0v) is 10.1. The van der Waals surface area contributed by atoms with E-state index in [9.17, 15) is 4.79 Å². The highest BCUT2D eigenvalue weighted by Crippen LogP contribution is 2.03. The maximum absolute atomic E-state index is 11.6. The van der Waals surface area contributed by atoms with E-state index in [0.717, 1.165) is 12.8 Å². The molecule has 0 saturated carbocycles. The Labute approximate surface area is 103 Å². The Hall–Kier alpha value is -1.61. The number of nitrogens with one attached hydrogen (secondary N) is 1. The van der Waals surface area contributed by atoms with Gasteiger partial charge >= 0.3 is 0 Å². The van der Waals surface area contributed by atoms with Crippen molar-refractivity contribution in [2.45, 2.75) is 25.3 Å². The third kappa shape index (κ3) is 5.31. The van der Waals surface area contributed by atoms with Crippen LogP contribution in [0.3, 0.4) is 0 Å². The second-order valence-electron chi connectivity index (χ2n) is 4.00. The molecule has 0 spiro atoms. The van der Waals surface area contributed by atoms with E-state index in [4.69, 9.17) is 5.73 Å². The number of amides is 1. The van der Waals surface area contributed by atoms with E-state index in [1.54, 1.807) is 6.08 Å². The molecule has 1 atom stereocenters. The fourth-order valence-electron chi connectivity index (χ4n) is 1.53. The average molecular weight is 232 g/mol. The van der Waals surface area contributed by atoms with Gasteiger partial charge in [-0.3, -0.25) is 4.79 Å². The van der Waals surface area contributed by atoms with Gasteiger partial charge in [-0.05, 0) is 24.8 Å². The average Bonchev–Trinajstić information content (AvgIpc) is 2.37. The van der Waals surface area contributed by atoms with Gasteiger partial charge in [0.2, 0.25) is 5.91 Å². The first-order chi connectivity index (χ1) is 8.24. The van der Waals surface area contributed by atoms with Crippen molar-refractivity contribution in [1.82, 2.24) is 5.32 Å². The summed E-state index contributed by atoms with van der Waals surface area (Å²) in [6.45, 7) is 4.21. The van der Waals surface area contributed by atoms with Crippen LogP contribution < -0.4 is 11.1 Å². The Morgan fingerprint density at radius 1 is 1.41 bits per heavy atom.